The summed E-state index contributed by atoms with van der Waals surface area (Å²) in [4.78, 5) is 27.3. The predicted molar refractivity (Wildman–Crippen MR) is 128 cm³/mol. The Morgan fingerprint density at radius 2 is 1.76 bits per heavy atom. The number of carbonyl (C=O) groups is 2. The summed E-state index contributed by atoms with van der Waals surface area (Å²) in [7, 11) is -3.88. The van der Waals surface area contributed by atoms with Crippen molar-refractivity contribution < 1.29 is 22.4 Å². The number of anilines is 1. The van der Waals surface area contributed by atoms with Crippen LogP contribution in [-0.4, -0.2) is 50.0 Å². The third-order valence-electron chi connectivity index (χ3n) is 5.02. The molecular formula is C23H29ClFN3O4S. The Bertz CT molecular complexity index is 1120. The molecule has 0 spiro atoms. The van der Waals surface area contributed by atoms with E-state index in [0.717, 1.165) is 10.6 Å². The number of benzene rings is 2. The summed E-state index contributed by atoms with van der Waals surface area (Å²) in [6.45, 7) is 6.00. The number of halogens is 2. The maximum atomic E-state index is 14.3. The third-order valence-corrected chi connectivity index (χ3v) is 6.38. The minimum absolute atomic E-state index is 0.174. The zero-order chi connectivity index (χ0) is 24.9. The van der Waals surface area contributed by atoms with Gasteiger partial charge in [-0.15, -0.1) is 0 Å². The maximum Gasteiger partial charge on any atom is 0.244 e. The van der Waals surface area contributed by atoms with Crippen molar-refractivity contribution in [3.05, 3.63) is 64.4 Å². The Kier molecular flexibility index (Phi) is 8.85. The number of nitrogens with zero attached hydrogens (tertiary/aromatic N) is 2. The zero-order valence-corrected chi connectivity index (χ0v) is 20.9. The molecule has 1 atom stereocenters. The summed E-state index contributed by atoms with van der Waals surface area (Å²) in [6, 6.07) is 9.50. The standard InChI is InChI=1S/C23H29ClFN3O4S/c1-15(2)26-23(30)17(4)27(13-18-8-6-7-9-20(18)25)22(29)14-28(33(5,31)32)21-12-19(24)11-10-16(21)3/h6-12,15,17H,13-14H2,1-5H3,(H,26,30)/t17-/m1/s1. The molecule has 2 aromatic rings. The molecule has 0 aliphatic rings. The second-order valence-electron chi connectivity index (χ2n) is 8.15. The van der Waals surface area contributed by atoms with Gasteiger partial charge in [0.1, 0.15) is 18.4 Å². The van der Waals surface area contributed by atoms with Gasteiger partial charge in [0.2, 0.25) is 21.8 Å². The van der Waals surface area contributed by atoms with Crippen LogP contribution >= 0.6 is 11.6 Å². The van der Waals surface area contributed by atoms with E-state index in [4.69, 9.17) is 11.6 Å². The van der Waals surface area contributed by atoms with Gasteiger partial charge in [-0.25, -0.2) is 12.8 Å². The topological polar surface area (TPSA) is 86.8 Å². The van der Waals surface area contributed by atoms with Gasteiger partial charge in [0.25, 0.3) is 0 Å². The second-order valence-corrected chi connectivity index (χ2v) is 10.5. The first kappa shape index (κ1) is 26.6. The summed E-state index contributed by atoms with van der Waals surface area (Å²) in [5.74, 6) is -1.62. The van der Waals surface area contributed by atoms with Crippen molar-refractivity contribution in [2.75, 3.05) is 17.1 Å². The normalized spacial score (nSPS) is 12.4. The molecule has 0 fully saturated rings. The molecule has 0 bridgehead atoms. The summed E-state index contributed by atoms with van der Waals surface area (Å²) >= 11 is 6.06. The summed E-state index contributed by atoms with van der Waals surface area (Å²) in [5, 5.41) is 3.04. The molecule has 0 heterocycles. The van der Waals surface area contributed by atoms with E-state index in [1.165, 1.54) is 36.1 Å². The predicted octanol–water partition coefficient (Wildman–Crippen LogP) is 3.50. The van der Waals surface area contributed by atoms with Crippen LogP contribution in [0.2, 0.25) is 5.02 Å². The summed E-state index contributed by atoms with van der Waals surface area (Å²) in [6.07, 6.45) is 0.983. The average molecular weight is 498 g/mol. The Balaban J connectivity index is 2.45. The molecule has 0 saturated carbocycles. The number of hydrogen-bond donors (Lipinski definition) is 1. The lowest BCUT2D eigenvalue weighted by Crippen LogP contribution is -2.52. The van der Waals surface area contributed by atoms with Crippen molar-refractivity contribution in [3.8, 4) is 0 Å². The number of amides is 2. The first-order valence-corrected chi connectivity index (χ1v) is 12.6. The van der Waals surface area contributed by atoms with Crippen LogP contribution in [0.4, 0.5) is 10.1 Å². The van der Waals surface area contributed by atoms with Crippen LogP contribution in [0.15, 0.2) is 42.5 Å². The average Bonchev–Trinajstić information content (AvgIpc) is 2.71. The van der Waals surface area contributed by atoms with Crippen molar-refractivity contribution in [1.29, 1.82) is 0 Å². The molecule has 2 amide bonds. The molecule has 10 heteroatoms. The first-order valence-electron chi connectivity index (χ1n) is 10.4. The van der Waals surface area contributed by atoms with Crippen LogP contribution in [0.5, 0.6) is 0 Å². The molecule has 33 heavy (non-hydrogen) atoms. The van der Waals surface area contributed by atoms with E-state index in [-0.39, 0.29) is 23.8 Å². The molecule has 2 aromatic carbocycles. The van der Waals surface area contributed by atoms with Crippen LogP contribution in [0.3, 0.4) is 0 Å². The lowest BCUT2D eigenvalue weighted by Gasteiger charge is -2.32. The summed E-state index contributed by atoms with van der Waals surface area (Å²) in [5.41, 5.74) is 1.06. The number of carbonyl (C=O) groups excluding carboxylic acids is 2. The number of hydrogen-bond acceptors (Lipinski definition) is 4. The van der Waals surface area contributed by atoms with Gasteiger partial charge >= 0.3 is 0 Å². The van der Waals surface area contributed by atoms with E-state index in [0.29, 0.717) is 10.6 Å². The minimum Gasteiger partial charge on any atom is -0.352 e. The van der Waals surface area contributed by atoms with Crippen molar-refractivity contribution >= 4 is 39.1 Å². The van der Waals surface area contributed by atoms with E-state index < -0.39 is 40.2 Å². The monoisotopic (exact) mass is 497 g/mol. The molecule has 1 N–H and O–H groups in total. The SMILES string of the molecule is Cc1ccc(Cl)cc1N(CC(=O)N(Cc1ccccc1F)[C@H](C)C(=O)NC(C)C)S(C)(=O)=O. The molecule has 0 aromatic heterocycles. The van der Waals surface area contributed by atoms with E-state index in [1.807, 2.05) is 0 Å². The molecule has 180 valence electrons. The Morgan fingerprint density at radius 1 is 1.12 bits per heavy atom. The Labute approximate surface area is 199 Å². The highest BCUT2D eigenvalue weighted by Crippen LogP contribution is 2.27. The number of nitrogens with one attached hydrogen (secondary N) is 1. The van der Waals surface area contributed by atoms with Gasteiger partial charge in [0.15, 0.2) is 0 Å². The van der Waals surface area contributed by atoms with Crippen molar-refractivity contribution in [2.24, 2.45) is 0 Å². The summed E-state index contributed by atoms with van der Waals surface area (Å²) < 4.78 is 40.5. The molecule has 0 radical (unpaired) electrons. The largest absolute Gasteiger partial charge is 0.352 e. The van der Waals surface area contributed by atoms with Crippen LogP contribution in [0.25, 0.3) is 0 Å². The number of aryl methyl sites for hydroxylation is 1. The van der Waals surface area contributed by atoms with Crippen LogP contribution < -0.4 is 9.62 Å². The van der Waals surface area contributed by atoms with Crippen LogP contribution in [0.1, 0.15) is 31.9 Å². The molecule has 0 unspecified atom stereocenters. The Morgan fingerprint density at radius 3 is 2.33 bits per heavy atom. The van der Waals surface area contributed by atoms with Crippen molar-refractivity contribution in [1.82, 2.24) is 10.2 Å². The van der Waals surface area contributed by atoms with Gasteiger partial charge in [-0.2, -0.15) is 0 Å². The van der Waals surface area contributed by atoms with Crippen LogP contribution in [0, 0.1) is 12.7 Å². The van der Waals surface area contributed by atoms with Crippen molar-refractivity contribution in [2.45, 2.75) is 46.3 Å². The first-order chi connectivity index (χ1) is 15.3. The molecule has 0 aliphatic heterocycles. The number of rotatable bonds is 9. The quantitative estimate of drug-likeness (QED) is 0.574. The lowest BCUT2D eigenvalue weighted by molar-refractivity contribution is -0.139. The molecule has 2 rings (SSSR count). The van der Waals surface area contributed by atoms with Gasteiger partial charge in [-0.3, -0.25) is 13.9 Å². The van der Waals surface area contributed by atoms with Gasteiger partial charge in [0.05, 0.1) is 11.9 Å². The minimum atomic E-state index is -3.88. The van der Waals surface area contributed by atoms with E-state index >= 15 is 0 Å². The van der Waals surface area contributed by atoms with Gasteiger partial charge < -0.3 is 10.2 Å². The zero-order valence-electron chi connectivity index (χ0n) is 19.3. The fourth-order valence-corrected chi connectivity index (χ4v) is 4.31. The smallest absolute Gasteiger partial charge is 0.244 e. The fourth-order valence-electron chi connectivity index (χ4n) is 3.24. The molecule has 7 nitrogen and oxygen atoms in total. The highest BCUT2D eigenvalue weighted by molar-refractivity contribution is 7.92. The van der Waals surface area contributed by atoms with E-state index in [1.54, 1.807) is 39.0 Å². The maximum absolute atomic E-state index is 14.3. The molecular weight excluding hydrogens is 469 g/mol. The van der Waals surface area contributed by atoms with Crippen LogP contribution in [-0.2, 0) is 26.2 Å². The van der Waals surface area contributed by atoms with Gasteiger partial charge in [-0.05, 0) is 51.5 Å². The molecule has 0 saturated heterocycles. The van der Waals surface area contributed by atoms with Gasteiger partial charge in [-0.1, -0.05) is 35.9 Å². The lowest BCUT2D eigenvalue weighted by atomic mass is 10.1. The third kappa shape index (κ3) is 7.17. The highest BCUT2D eigenvalue weighted by Gasteiger charge is 2.31. The highest BCUT2D eigenvalue weighted by atomic mass is 35.5. The van der Waals surface area contributed by atoms with E-state index in [2.05, 4.69) is 5.32 Å². The van der Waals surface area contributed by atoms with Gasteiger partial charge in [0, 0.05) is 23.2 Å². The molecule has 0 aliphatic carbocycles. The number of sulfonamides is 1. The van der Waals surface area contributed by atoms with E-state index in [9.17, 15) is 22.4 Å². The second kappa shape index (κ2) is 11.0. The van der Waals surface area contributed by atoms with Crippen molar-refractivity contribution in [3.63, 3.8) is 0 Å². The fraction of sp³-hybridized carbons (Fsp3) is 0.391. The Hall–Kier alpha value is -2.65.